The number of rotatable bonds is 7. The standard InChI is InChI=1S/C25H24ClNO6/c1-15-10-19(21(28)14-32-25(29)20-11-17(26)8-9-22(20)30-3)16(2)27(15)12-18-13-31-23-6-4-5-7-24(23)33-18/h4-11,18H,12-14H2,1-3H3. The summed E-state index contributed by atoms with van der Waals surface area (Å²) < 4.78 is 24.3. The zero-order chi connectivity index (χ0) is 23.5. The number of esters is 1. The first-order valence-electron chi connectivity index (χ1n) is 10.5. The molecule has 0 radical (unpaired) electrons. The van der Waals surface area contributed by atoms with E-state index in [2.05, 4.69) is 0 Å². The zero-order valence-corrected chi connectivity index (χ0v) is 19.3. The maximum atomic E-state index is 12.8. The molecule has 4 rings (SSSR count). The van der Waals surface area contributed by atoms with Crippen molar-refractivity contribution in [3.8, 4) is 17.2 Å². The number of ether oxygens (including phenoxy) is 4. The van der Waals surface area contributed by atoms with Crippen molar-refractivity contribution in [2.75, 3.05) is 20.3 Å². The predicted octanol–water partition coefficient (Wildman–Crippen LogP) is 4.65. The Morgan fingerprint density at radius 1 is 1.09 bits per heavy atom. The molecular weight excluding hydrogens is 446 g/mol. The largest absolute Gasteiger partial charge is 0.496 e. The number of nitrogens with zero attached hydrogens (tertiary/aromatic N) is 1. The number of Topliss-reactive ketones (excluding diaryl/α,β-unsaturated/α-hetero) is 1. The van der Waals surface area contributed by atoms with E-state index in [1.165, 1.54) is 13.2 Å². The van der Waals surface area contributed by atoms with E-state index in [-0.39, 0.29) is 17.5 Å². The van der Waals surface area contributed by atoms with Gasteiger partial charge in [-0.05, 0) is 50.2 Å². The van der Waals surface area contributed by atoms with Crippen molar-refractivity contribution in [2.45, 2.75) is 26.5 Å². The molecule has 0 saturated heterocycles. The van der Waals surface area contributed by atoms with E-state index in [0.29, 0.717) is 35.2 Å². The number of halogens is 1. The second kappa shape index (κ2) is 9.58. The highest BCUT2D eigenvalue weighted by Gasteiger charge is 2.24. The number of carbonyl (C=O) groups excluding carboxylic acids is 2. The molecule has 0 spiro atoms. The smallest absolute Gasteiger partial charge is 0.342 e. The van der Waals surface area contributed by atoms with Gasteiger partial charge in [-0.2, -0.15) is 0 Å². The second-order valence-electron chi connectivity index (χ2n) is 7.74. The summed E-state index contributed by atoms with van der Waals surface area (Å²) in [6.45, 7) is 4.33. The first-order valence-corrected chi connectivity index (χ1v) is 10.8. The Bertz CT molecular complexity index is 1200. The Kier molecular flexibility index (Phi) is 6.60. The molecule has 1 unspecified atom stereocenters. The van der Waals surface area contributed by atoms with Crippen LogP contribution in [-0.2, 0) is 11.3 Å². The summed E-state index contributed by atoms with van der Waals surface area (Å²) in [7, 11) is 1.44. The molecule has 172 valence electrons. The minimum absolute atomic E-state index is 0.165. The summed E-state index contributed by atoms with van der Waals surface area (Å²) in [6.07, 6.45) is -0.194. The molecule has 33 heavy (non-hydrogen) atoms. The lowest BCUT2D eigenvalue weighted by molar-refractivity contribution is 0.0471. The number of methoxy groups -OCH3 is 1. The van der Waals surface area contributed by atoms with Crippen molar-refractivity contribution in [1.82, 2.24) is 4.57 Å². The average Bonchev–Trinajstić information content (AvgIpc) is 3.10. The van der Waals surface area contributed by atoms with Crippen LogP contribution < -0.4 is 14.2 Å². The molecule has 1 aliphatic rings. The van der Waals surface area contributed by atoms with Gasteiger partial charge in [0.2, 0.25) is 5.78 Å². The monoisotopic (exact) mass is 469 g/mol. The Hall–Kier alpha value is -3.45. The molecule has 0 N–H and O–H groups in total. The third-order valence-corrected chi connectivity index (χ3v) is 5.78. The van der Waals surface area contributed by atoms with Crippen molar-refractivity contribution in [1.29, 1.82) is 0 Å². The van der Waals surface area contributed by atoms with E-state index in [9.17, 15) is 9.59 Å². The van der Waals surface area contributed by atoms with E-state index in [0.717, 1.165) is 17.1 Å². The number of aryl methyl sites for hydroxylation is 1. The molecule has 0 fully saturated rings. The van der Waals surface area contributed by atoms with Gasteiger partial charge in [-0.15, -0.1) is 0 Å². The van der Waals surface area contributed by atoms with Crippen molar-refractivity contribution in [3.05, 3.63) is 76.1 Å². The van der Waals surface area contributed by atoms with Crippen LogP contribution in [0.1, 0.15) is 32.1 Å². The topological polar surface area (TPSA) is 76.0 Å². The molecule has 1 aromatic heterocycles. The van der Waals surface area contributed by atoms with Gasteiger partial charge in [-0.25, -0.2) is 4.79 Å². The van der Waals surface area contributed by atoms with Crippen LogP contribution in [0.25, 0.3) is 0 Å². The van der Waals surface area contributed by atoms with Gasteiger partial charge in [0.05, 0.1) is 13.7 Å². The van der Waals surface area contributed by atoms with Crippen LogP contribution in [0.2, 0.25) is 5.02 Å². The number of carbonyl (C=O) groups is 2. The number of benzene rings is 2. The summed E-state index contributed by atoms with van der Waals surface area (Å²) >= 11 is 5.97. The van der Waals surface area contributed by atoms with Crippen LogP contribution in [0.5, 0.6) is 17.2 Å². The van der Waals surface area contributed by atoms with Crippen LogP contribution in [-0.4, -0.2) is 42.7 Å². The van der Waals surface area contributed by atoms with E-state index in [1.54, 1.807) is 18.2 Å². The quantitative estimate of drug-likeness (QED) is 0.370. The van der Waals surface area contributed by atoms with Gasteiger partial charge in [0, 0.05) is 22.0 Å². The first kappa shape index (κ1) is 22.7. The van der Waals surface area contributed by atoms with E-state index in [1.807, 2.05) is 42.7 Å². The lowest BCUT2D eigenvalue weighted by atomic mass is 10.1. The predicted molar refractivity (Wildman–Crippen MR) is 123 cm³/mol. The third kappa shape index (κ3) is 4.83. The molecule has 0 amide bonds. The van der Waals surface area contributed by atoms with Gasteiger partial charge >= 0.3 is 5.97 Å². The summed E-state index contributed by atoms with van der Waals surface area (Å²) in [5.41, 5.74) is 2.34. The first-order chi connectivity index (χ1) is 15.9. The van der Waals surface area contributed by atoms with Gasteiger partial charge in [0.25, 0.3) is 0 Å². The zero-order valence-electron chi connectivity index (χ0n) is 18.6. The SMILES string of the molecule is COc1ccc(Cl)cc1C(=O)OCC(=O)c1cc(C)n(CC2COc3ccccc3O2)c1C. The molecule has 0 bridgehead atoms. The molecule has 0 aliphatic carbocycles. The molecule has 1 aliphatic heterocycles. The fourth-order valence-corrected chi connectivity index (χ4v) is 4.02. The molecule has 0 saturated carbocycles. The Morgan fingerprint density at radius 2 is 1.85 bits per heavy atom. The summed E-state index contributed by atoms with van der Waals surface area (Å²) in [4.78, 5) is 25.3. The second-order valence-corrected chi connectivity index (χ2v) is 8.17. The molecule has 2 heterocycles. The summed E-state index contributed by atoms with van der Waals surface area (Å²) in [5.74, 6) is 0.781. The third-order valence-electron chi connectivity index (χ3n) is 5.54. The number of aromatic nitrogens is 1. The van der Waals surface area contributed by atoms with E-state index in [4.69, 9.17) is 30.5 Å². The Balaban J connectivity index is 1.43. The van der Waals surface area contributed by atoms with Crippen LogP contribution in [0.15, 0.2) is 48.5 Å². The number of para-hydroxylation sites is 2. The van der Waals surface area contributed by atoms with E-state index >= 15 is 0 Å². The van der Waals surface area contributed by atoms with Crippen molar-refractivity contribution in [2.24, 2.45) is 0 Å². The van der Waals surface area contributed by atoms with Crippen LogP contribution in [0.3, 0.4) is 0 Å². The number of ketones is 1. The highest BCUT2D eigenvalue weighted by molar-refractivity contribution is 6.31. The van der Waals surface area contributed by atoms with Crippen molar-refractivity contribution in [3.63, 3.8) is 0 Å². The highest BCUT2D eigenvalue weighted by Crippen LogP contribution is 2.31. The summed E-state index contributed by atoms with van der Waals surface area (Å²) in [6, 6.07) is 14.0. The Labute approximate surface area is 196 Å². The number of hydrogen-bond donors (Lipinski definition) is 0. The van der Waals surface area contributed by atoms with Gasteiger partial charge in [0.15, 0.2) is 24.2 Å². The molecule has 3 aromatic rings. The number of hydrogen-bond acceptors (Lipinski definition) is 6. The molecule has 1 atom stereocenters. The van der Waals surface area contributed by atoms with E-state index < -0.39 is 12.6 Å². The van der Waals surface area contributed by atoms with Crippen LogP contribution in [0, 0.1) is 13.8 Å². The lowest BCUT2D eigenvalue weighted by Crippen LogP contribution is -2.33. The summed E-state index contributed by atoms with van der Waals surface area (Å²) in [5, 5.41) is 0.370. The van der Waals surface area contributed by atoms with Crippen molar-refractivity contribution >= 4 is 23.4 Å². The minimum Gasteiger partial charge on any atom is -0.496 e. The molecule has 7 nitrogen and oxygen atoms in total. The van der Waals surface area contributed by atoms with Gasteiger partial charge < -0.3 is 23.5 Å². The van der Waals surface area contributed by atoms with Crippen molar-refractivity contribution < 1.29 is 28.5 Å². The fraction of sp³-hybridized carbons (Fsp3) is 0.280. The van der Waals surface area contributed by atoms with Gasteiger partial charge in [-0.1, -0.05) is 23.7 Å². The molecule has 2 aromatic carbocycles. The van der Waals surface area contributed by atoms with Crippen LogP contribution in [0.4, 0.5) is 0 Å². The maximum Gasteiger partial charge on any atom is 0.342 e. The maximum absolute atomic E-state index is 12.8. The normalized spacial score (nSPS) is 14.6. The Morgan fingerprint density at radius 3 is 2.61 bits per heavy atom. The highest BCUT2D eigenvalue weighted by atomic mass is 35.5. The average molecular weight is 470 g/mol. The van der Waals surface area contributed by atoms with Gasteiger partial charge in [0.1, 0.15) is 17.9 Å². The fourth-order valence-electron chi connectivity index (χ4n) is 3.85. The molecular formula is C25H24ClNO6. The van der Waals surface area contributed by atoms with Crippen LogP contribution >= 0.6 is 11.6 Å². The molecule has 8 heteroatoms. The van der Waals surface area contributed by atoms with Gasteiger partial charge in [-0.3, -0.25) is 4.79 Å². The number of fused-ring (bicyclic) bond motifs is 1. The minimum atomic E-state index is -0.678. The lowest BCUT2D eigenvalue weighted by Gasteiger charge is -2.27.